The zero-order valence-corrected chi connectivity index (χ0v) is 14.9. The van der Waals surface area contributed by atoms with Crippen LogP contribution in [-0.2, 0) is 4.79 Å². The molecule has 1 aliphatic heterocycles. The number of aromatic carboxylic acids is 1. The van der Waals surface area contributed by atoms with Crippen molar-refractivity contribution in [2.75, 3.05) is 48.7 Å². The summed E-state index contributed by atoms with van der Waals surface area (Å²) in [5, 5.41) is 12.3. The molecule has 0 saturated carbocycles. The molecule has 2 aromatic carbocycles. The van der Waals surface area contributed by atoms with Gasteiger partial charge in [0.15, 0.2) is 0 Å². The largest absolute Gasteiger partial charge is 0.478 e. The summed E-state index contributed by atoms with van der Waals surface area (Å²) in [4.78, 5) is 26.3. The summed E-state index contributed by atoms with van der Waals surface area (Å²) in [6.07, 6.45) is 0. The number of nitrogens with one attached hydrogen (secondary N) is 1. The van der Waals surface area contributed by atoms with Crippen LogP contribution in [0.1, 0.15) is 10.4 Å². The number of nitrogen functional groups attached to an aromatic ring is 1. The van der Waals surface area contributed by atoms with Gasteiger partial charge in [0.25, 0.3) is 0 Å². The Hall–Kier alpha value is -3.26. The van der Waals surface area contributed by atoms with Crippen molar-refractivity contribution in [3.8, 4) is 0 Å². The van der Waals surface area contributed by atoms with Crippen molar-refractivity contribution in [2.45, 2.75) is 0 Å². The number of carbonyl (C=O) groups is 2. The van der Waals surface area contributed by atoms with Gasteiger partial charge in [-0.25, -0.2) is 4.79 Å². The normalized spacial score (nSPS) is 14.7. The topological polar surface area (TPSA) is 125 Å². The van der Waals surface area contributed by atoms with Crippen LogP contribution in [-0.4, -0.2) is 54.6 Å². The fourth-order valence-electron chi connectivity index (χ4n) is 3.13. The number of rotatable bonds is 6. The number of nitrogens with zero attached hydrogens (tertiary/aromatic N) is 2. The van der Waals surface area contributed by atoms with E-state index >= 15 is 0 Å². The molecule has 0 atom stereocenters. The van der Waals surface area contributed by atoms with Crippen LogP contribution in [0.3, 0.4) is 0 Å². The van der Waals surface area contributed by atoms with Crippen LogP contribution in [0.5, 0.6) is 0 Å². The summed E-state index contributed by atoms with van der Waals surface area (Å²) < 4.78 is 0. The van der Waals surface area contributed by atoms with Crippen molar-refractivity contribution in [1.82, 2.24) is 4.90 Å². The minimum absolute atomic E-state index is 0.153. The molecule has 0 aliphatic carbocycles. The Kier molecular flexibility index (Phi) is 5.46. The van der Waals surface area contributed by atoms with E-state index in [4.69, 9.17) is 16.6 Å². The summed E-state index contributed by atoms with van der Waals surface area (Å²) in [6.45, 7) is 3.48. The molecule has 0 unspecified atom stereocenters. The van der Waals surface area contributed by atoms with Crippen molar-refractivity contribution < 1.29 is 14.7 Å². The first-order valence-electron chi connectivity index (χ1n) is 8.68. The lowest BCUT2D eigenvalue weighted by Gasteiger charge is -2.35. The quantitative estimate of drug-likeness (QED) is 0.566. The van der Waals surface area contributed by atoms with E-state index in [0.29, 0.717) is 17.9 Å². The molecule has 8 nitrogen and oxygen atoms in total. The highest BCUT2D eigenvalue weighted by Gasteiger charge is 2.18. The number of hydrogen-bond donors (Lipinski definition) is 4. The summed E-state index contributed by atoms with van der Waals surface area (Å²) in [7, 11) is 0. The monoisotopic (exact) mass is 369 g/mol. The second kappa shape index (κ2) is 7.96. The van der Waals surface area contributed by atoms with Crippen LogP contribution in [0, 0.1) is 0 Å². The smallest absolute Gasteiger partial charge is 0.335 e. The zero-order valence-electron chi connectivity index (χ0n) is 14.9. The second-order valence-electron chi connectivity index (χ2n) is 6.51. The lowest BCUT2D eigenvalue weighted by atomic mass is 10.1. The molecule has 8 heteroatoms. The third kappa shape index (κ3) is 4.68. The van der Waals surface area contributed by atoms with Gasteiger partial charge in [-0.1, -0.05) is 6.07 Å². The minimum atomic E-state index is -1.01. The molecule has 142 valence electrons. The van der Waals surface area contributed by atoms with Crippen molar-refractivity contribution in [3.05, 3.63) is 48.0 Å². The third-order valence-electron chi connectivity index (χ3n) is 4.54. The fraction of sp³-hybridized carbons (Fsp3) is 0.263. The van der Waals surface area contributed by atoms with Crippen LogP contribution in [0.2, 0.25) is 0 Å². The Morgan fingerprint density at radius 1 is 1.07 bits per heavy atom. The van der Waals surface area contributed by atoms with E-state index in [1.165, 1.54) is 12.1 Å². The Balaban J connectivity index is 1.68. The van der Waals surface area contributed by atoms with Crippen LogP contribution < -0.4 is 21.7 Å². The minimum Gasteiger partial charge on any atom is -0.478 e. The maximum atomic E-state index is 11.0. The Morgan fingerprint density at radius 3 is 2.44 bits per heavy atom. The molecule has 1 aliphatic rings. The standard InChI is InChI=1S/C19H23N5O3/c20-16-10-13(19(26)27)4-5-17(16)22-14-2-1-3-15(11-14)24-8-6-23(7-9-24)12-18(21)25/h1-5,10-11,22H,6-9,12,20H2,(H2,21,25)(H,26,27). The average molecular weight is 369 g/mol. The van der Waals surface area contributed by atoms with E-state index in [9.17, 15) is 9.59 Å². The summed E-state index contributed by atoms with van der Waals surface area (Å²) in [6, 6.07) is 12.6. The molecular weight excluding hydrogens is 346 g/mol. The molecule has 0 bridgehead atoms. The van der Waals surface area contributed by atoms with Crippen molar-refractivity contribution in [1.29, 1.82) is 0 Å². The van der Waals surface area contributed by atoms with Gasteiger partial charge in [-0.3, -0.25) is 9.69 Å². The van der Waals surface area contributed by atoms with E-state index in [0.717, 1.165) is 37.6 Å². The first kappa shape index (κ1) is 18.5. The Bertz CT molecular complexity index is 847. The highest BCUT2D eigenvalue weighted by Crippen LogP contribution is 2.27. The van der Waals surface area contributed by atoms with Crippen LogP contribution in [0.15, 0.2) is 42.5 Å². The van der Waals surface area contributed by atoms with Gasteiger partial charge < -0.3 is 26.8 Å². The highest BCUT2D eigenvalue weighted by molar-refractivity contribution is 5.91. The second-order valence-corrected chi connectivity index (χ2v) is 6.51. The molecule has 1 heterocycles. The van der Waals surface area contributed by atoms with Crippen molar-refractivity contribution >= 4 is 34.6 Å². The van der Waals surface area contributed by atoms with Gasteiger partial charge in [0.2, 0.25) is 5.91 Å². The molecular formula is C19H23N5O3. The van der Waals surface area contributed by atoms with Gasteiger partial charge in [-0.15, -0.1) is 0 Å². The van der Waals surface area contributed by atoms with Gasteiger partial charge in [-0.2, -0.15) is 0 Å². The predicted molar refractivity (Wildman–Crippen MR) is 105 cm³/mol. The number of primary amides is 1. The lowest BCUT2D eigenvalue weighted by Crippen LogP contribution is -2.48. The molecule has 0 aromatic heterocycles. The molecule has 0 radical (unpaired) electrons. The first-order chi connectivity index (χ1) is 12.9. The molecule has 6 N–H and O–H groups in total. The summed E-state index contributed by atoms with van der Waals surface area (Å²) in [5.74, 6) is -1.31. The number of amides is 1. The van der Waals surface area contributed by atoms with Crippen LogP contribution in [0.25, 0.3) is 0 Å². The van der Waals surface area contributed by atoms with E-state index in [1.807, 2.05) is 29.2 Å². The number of benzene rings is 2. The first-order valence-corrected chi connectivity index (χ1v) is 8.68. The molecule has 1 fully saturated rings. The molecule has 27 heavy (non-hydrogen) atoms. The molecule has 1 amide bonds. The highest BCUT2D eigenvalue weighted by atomic mass is 16.4. The molecule has 1 saturated heterocycles. The third-order valence-corrected chi connectivity index (χ3v) is 4.54. The number of nitrogens with two attached hydrogens (primary N) is 2. The number of anilines is 4. The van der Waals surface area contributed by atoms with Gasteiger partial charge in [0, 0.05) is 37.6 Å². The lowest BCUT2D eigenvalue weighted by molar-refractivity contribution is -0.119. The predicted octanol–water partition coefficient (Wildman–Crippen LogP) is 1.32. The fourth-order valence-corrected chi connectivity index (χ4v) is 3.13. The summed E-state index contributed by atoms with van der Waals surface area (Å²) >= 11 is 0. The number of piperazine rings is 1. The van der Waals surface area contributed by atoms with E-state index < -0.39 is 5.97 Å². The number of carboxylic acids is 1. The number of hydrogen-bond acceptors (Lipinski definition) is 6. The average Bonchev–Trinajstić information content (AvgIpc) is 2.63. The molecule has 2 aromatic rings. The van der Waals surface area contributed by atoms with Crippen LogP contribution >= 0.6 is 0 Å². The van der Waals surface area contributed by atoms with E-state index in [2.05, 4.69) is 10.2 Å². The maximum absolute atomic E-state index is 11.0. The van der Waals surface area contributed by atoms with Crippen LogP contribution in [0.4, 0.5) is 22.7 Å². The SMILES string of the molecule is NC(=O)CN1CCN(c2cccc(Nc3ccc(C(=O)O)cc3N)c2)CC1. The number of carbonyl (C=O) groups excluding carboxylic acids is 1. The Labute approximate surface area is 157 Å². The Morgan fingerprint density at radius 2 is 1.81 bits per heavy atom. The molecule has 3 rings (SSSR count). The molecule has 0 spiro atoms. The van der Waals surface area contributed by atoms with Gasteiger partial charge in [0.1, 0.15) is 0 Å². The number of carboxylic acid groups (broad SMARTS) is 1. The maximum Gasteiger partial charge on any atom is 0.335 e. The van der Waals surface area contributed by atoms with E-state index in [-0.39, 0.29) is 11.5 Å². The van der Waals surface area contributed by atoms with E-state index in [1.54, 1.807) is 6.07 Å². The zero-order chi connectivity index (χ0) is 19.4. The van der Waals surface area contributed by atoms with Crippen molar-refractivity contribution in [2.24, 2.45) is 5.73 Å². The van der Waals surface area contributed by atoms with Gasteiger partial charge >= 0.3 is 5.97 Å². The summed E-state index contributed by atoms with van der Waals surface area (Å²) in [5.41, 5.74) is 14.3. The van der Waals surface area contributed by atoms with Gasteiger partial charge in [-0.05, 0) is 36.4 Å². The van der Waals surface area contributed by atoms with Crippen molar-refractivity contribution in [3.63, 3.8) is 0 Å². The van der Waals surface area contributed by atoms with Gasteiger partial charge in [0.05, 0.1) is 23.5 Å².